The SMILES string of the molecule is CCCCCC[Si](CCCCCC)(CCCCCC)[O][Al+2]. The van der Waals surface area contributed by atoms with Gasteiger partial charge in [-0.3, -0.25) is 0 Å². The Bertz CT molecular complexity index is 180. The Morgan fingerprint density at radius 1 is 0.571 bits per heavy atom. The van der Waals surface area contributed by atoms with Crippen molar-refractivity contribution in [3.8, 4) is 0 Å². The minimum absolute atomic E-state index is 1.34. The molecule has 0 aliphatic rings. The van der Waals surface area contributed by atoms with Gasteiger partial charge in [0.05, 0.1) is 0 Å². The fraction of sp³-hybridized carbons (Fsp3) is 1.00. The van der Waals surface area contributed by atoms with E-state index in [0.29, 0.717) is 0 Å². The summed E-state index contributed by atoms with van der Waals surface area (Å²) in [6.07, 6.45) is 16.6. The van der Waals surface area contributed by atoms with Crippen molar-refractivity contribution in [3.63, 3.8) is 0 Å². The summed E-state index contributed by atoms with van der Waals surface area (Å²) in [5, 5.41) is 0. The predicted molar refractivity (Wildman–Crippen MR) is 99.4 cm³/mol. The maximum atomic E-state index is 6.13. The van der Waals surface area contributed by atoms with Gasteiger partial charge < -0.3 is 0 Å². The van der Waals surface area contributed by atoms with Gasteiger partial charge in [0, 0.05) is 0 Å². The molecule has 0 heterocycles. The van der Waals surface area contributed by atoms with Gasteiger partial charge in [0.1, 0.15) is 0 Å². The van der Waals surface area contributed by atoms with Gasteiger partial charge in [-0.2, -0.15) is 0 Å². The topological polar surface area (TPSA) is 9.23 Å². The van der Waals surface area contributed by atoms with Crippen LogP contribution in [0.4, 0.5) is 0 Å². The van der Waals surface area contributed by atoms with Gasteiger partial charge in [-0.1, -0.05) is 0 Å². The van der Waals surface area contributed by atoms with Crippen LogP contribution in [0.1, 0.15) is 97.8 Å². The predicted octanol–water partition coefficient (Wildman–Crippen LogP) is 6.77. The molecule has 0 spiro atoms. The molecule has 0 aromatic rings. The summed E-state index contributed by atoms with van der Waals surface area (Å²) in [7, 11) is -1.46. The molecule has 3 heteroatoms. The zero-order valence-corrected chi connectivity index (χ0v) is 17.2. The van der Waals surface area contributed by atoms with Gasteiger partial charge in [-0.15, -0.1) is 0 Å². The van der Waals surface area contributed by atoms with Crippen LogP contribution in [0, 0.1) is 0 Å². The van der Waals surface area contributed by atoms with Crippen LogP contribution in [-0.2, 0) is 3.48 Å². The normalized spacial score (nSPS) is 12.0. The standard InChI is InChI=1S/C18H39OSi.Al/c1-4-7-10-13-16-20(19,17-14-11-8-5-2)18-15-12-9-6-3;/h4-18H2,1-3H3;/q-1;+3. The Labute approximate surface area is 144 Å². The van der Waals surface area contributed by atoms with Crippen LogP contribution >= 0.6 is 0 Å². The van der Waals surface area contributed by atoms with Gasteiger partial charge >= 0.3 is 144 Å². The molecule has 0 bridgehead atoms. The van der Waals surface area contributed by atoms with Crippen molar-refractivity contribution >= 4 is 24.9 Å². The van der Waals surface area contributed by atoms with E-state index in [-0.39, 0.29) is 0 Å². The quantitative estimate of drug-likeness (QED) is 0.224. The molecule has 0 radical (unpaired) electrons. The molecule has 0 aliphatic heterocycles. The average molecular weight is 327 g/mol. The van der Waals surface area contributed by atoms with Crippen LogP contribution in [-0.4, -0.2) is 24.9 Å². The van der Waals surface area contributed by atoms with Gasteiger partial charge in [0.15, 0.2) is 0 Å². The second-order valence-electron chi connectivity index (χ2n) is 6.73. The van der Waals surface area contributed by atoms with E-state index in [4.69, 9.17) is 3.48 Å². The van der Waals surface area contributed by atoms with Crippen LogP contribution in [0.15, 0.2) is 0 Å². The van der Waals surface area contributed by atoms with E-state index in [1.165, 1.54) is 95.2 Å². The fourth-order valence-electron chi connectivity index (χ4n) is 3.17. The zero-order valence-electron chi connectivity index (χ0n) is 15.1. The zero-order chi connectivity index (χ0) is 15.8. The van der Waals surface area contributed by atoms with E-state index >= 15 is 0 Å². The summed E-state index contributed by atoms with van der Waals surface area (Å²) in [6.45, 7) is 6.89. The van der Waals surface area contributed by atoms with E-state index in [0.717, 1.165) is 0 Å². The summed E-state index contributed by atoms with van der Waals surface area (Å²) in [5.74, 6) is 0. The molecule has 0 amide bonds. The van der Waals surface area contributed by atoms with E-state index in [1.807, 2.05) is 0 Å². The third-order valence-electron chi connectivity index (χ3n) is 4.71. The van der Waals surface area contributed by atoms with Gasteiger partial charge in [0.2, 0.25) is 0 Å². The third kappa shape index (κ3) is 11.9. The molecule has 0 aromatic heterocycles. The second-order valence-corrected chi connectivity index (χ2v) is 11.5. The molecule has 0 N–H and O–H groups in total. The molecule has 0 fully saturated rings. The van der Waals surface area contributed by atoms with Gasteiger partial charge in [0.25, 0.3) is 0 Å². The van der Waals surface area contributed by atoms with Crippen molar-refractivity contribution in [2.45, 2.75) is 116 Å². The fourth-order valence-corrected chi connectivity index (χ4v) is 8.02. The number of hydrogen-bond acceptors (Lipinski definition) is 1. The first-order valence-electron chi connectivity index (χ1n) is 9.62. The molecular weight excluding hydrogens is 287 g/mol. The molecule has 0 atom stereocenters. The molecule has 1 nitrogen and oxygen atoms in total. The van der Waals surface area contributed by atoms with E-state index in [1.54, 1.807) is 0 Å². The van der Waals surface area contributed by atoms with Crippen molar-refractivity contribution in [3.05, 3.63) is 0 Å². The summed E-state index contributed by atoms with van der Waals surface area (Å²) in [6, 6.07) is 4.19. The van der Waals surface area contributed by atoms with Crippen LogP contribution in [0.5, 0.6) is 0 Å². The molecule has 21 heavy (non-hydrogen) atoms. The van der Waals surface area contributed by atoms with Crippen LogP contribution < -0.4 is 0 Å². The first-order chi connectivity index (χ1) is 10.2. The van der Waals surface area contributed by atoms with E-state index in [9.17, 15) is 0 Å². The summed E-state index contributed by atoms with van der Waals surface area (Å²) in [4.78, 5) is 0. The Balaban J connectivity index is 4.22. The van der Waals surface area contributed by atoms with Crippen molar-refractivity contribution in [1.82, 2.24) is 0 Å². The minimum atomic E-state index is -1.46. The Morgan fingerprint density at radius 2 is 0.905 bits per heavy atom. The van der Waals surface area contributed by atoms with Crippen molar-refractivity contribution in [2.75, 3.05) is 0 Å². The molecule has 0 saturated heterocycles. The van der Waals surface area contributed by atoms with Gasteiger partial charge in [-0.05, 0) is 0 Å². The number of hydrogen-bond donors (Lipinski definition) is 0. The third-order valence-corrected chi connectivity index (χ3v) is 10.5. The van der Waals surface area contributed by atoms with Crippen LogP contribution in [0.2, 0.25) is 18.1 Å². The molecule has 122 valence electrons. The summed E-state index contributed by atoms with van der Waals surface area (Å²) >= 11 is 2.65. The average Bonchev–Trinajstić information content (AvgIpc) is 2.51. The first-order valence-corrected chi connectivity index (χ1v) is 12.6. The molecule has 0 aliphatic carbocycles. The van der Waals surface area contributed by atoms with E-state index < -0.39 is 8.32 Å². The molecule has 0 unspecified atom stereocenters. The van der Waals surface area contributed by atoms with E-state index in [2.05, 4.69) is 37.4 Å². The van der Waals surface area contributed by atoms with Crippen molar-refractivity contribution in [1.29, 1.82) is 0 Å². The van der Waals surface area contributed by atoms with Crippen molar-refractivity contribution in [2.24, 2.45) is 0 Å². The Kier molecular flexibility index (Phi) is 16.1. The molecule has 0 saturated carbocycles. The Morgan fingerprint density at radius 3 is 1.14 bits per heavy atom. The monoisotopic (exact) mass is 326 g/mol. The van der Waals surface area contributed by atoms with Gasteiger partial charge in [-0.25, -0.2) is 0 Å². The van der Waals surface area contributed by atoms with Crippen LogP contribution in [0.3, 0.4) is 0 Å². The summed E-state index contributed by atoms with van der Waals surface area (Å²) in [5.41, 5.74) is 0. The summed E-state index contributed by atoms with van der Waals surface area (Å²) < 4.78 is 6.13. The second kappa shape index (κ2) is 15.6. The Hall–Kier alpha value is 0.709. The molecule has 0 aromatic carbocycles. The van der Waals surface area contributed by atoms with Crippen molar-refractivity contribution < 1.29 is 3.48 Å². The number of rotatable bonds is 16. The van der Waals surface area contributed by atoms with Crippen LogP contribution in [0.25, 0.3) is 0 Å². The molecule has 0 rings (SSSR count). The number of unbranched alkanes of at least 4 members (excludes halogenated alkanes) is 9. The first kappa shape index (κ1) is 21.7. The maximum absolute atomic E-state index is 6.13. The molecular formula is C18H39AlOSi+2.